The molecule has 2 aromatic carbocycles. The van der Waals surface area contributed by atoms with E-state index in [1.807, 2.05) is 50.2 Å². The molecule has 8 heteroatoms. The summed E-state index contributed by atoms with van der Waals surface area (Å²) in [4.78, 5) is 29.1. The lowest BCUT2D eigenvalue weighted by Crippen LogP contribution is -2.46. The zero-order valence-electron chi connectivity index (χ0n) is 20.1. The van der Waals surface area contributed by atoms with Crippen molar-refractivity contribution in [3.63, 3.8) is 0 Å². The smallest absolute Gasteiger partial charge is 0.344 e. The highest BCUT2D eigenvalue weighted by Crippen LogP contribution is 2.41. The lowest BCUT2D eigenvalue weighted by Gasteiger charge is -2.35. The number of piperazine rings is 1. The largest absolute Gasteiger partial charge is 0.483 e. The number of carbonyl (C=O) groups excluding carboxylic acids is 2. The third-order valence-corrected chi connectivity index (χ3v) is 6.10. The lowest BCUT2D eigenvalue weighted by atomic mass is 10.0. The Morgan fingerprint density at radius 2 is 1.76 bits per heavy atom. The number of para-hydroxylation sites is 1. The van der Waals surface area contributed by atoms with Gasteiger partial charge in [-0.05, 0) is 50.7 Å². The summed E-state index contributed by atoms with van der Waals surface area (Å²) in [7, 11) is 0. The highest BCUT2D eigenvalue weighted by atomic mass is 16.6. The van der Waals surface area contributed by atoms with Gasteiger partial charge in [0.1, 0.15) is 5.60 Å². The normalized spacial score (nSPS) is 17.0. The van der Waals surface area contributed by atoms with Gasteiger partial charge in [0.25, 0.3) is 5.91 Å². The summed E-state index contributed by atoms with van der Waals surface area (Å²) in [6, 6.07) is 13.3. The molecule has 182 valence electrons. The van der Waals surface area contributed by atoms with Crippen molar-refractivity contribution in [1.82, 2.24) is 4.90 Å². The second-order valence-corrected chi connectivity index (χ2v) is 9.25. The molecule has 0 bridgehead atoms. The van der Waals surface area contributed by atoms with Gasteiger partial charge in [0, 0.05) is 49.5 Å². The van der Waals surface area contributed by atoms with Crippen molar-refractivity contribution in [3.05, 3.63) is 48.0 Å². The van der Waals surface area contributed by atoms with Crippen LogP contribution in [0.4, 0.5) is 11.4 Å². The lowest BCUT2D eigenvalue weighted by molar-refractivity contribution is -0.149. The SMILES string of the molecule is CCN1CCN(c2ccc(NC(=O)COC(=O)COc3cccc4c3OC(C)(C)C4)cc2)CC1. The van der Waals surface area contributed by atoms with Crippen LogP contribution in [0.25, 0.3) is 0 Å². The maximum Gasteiger partial charge on any atom is 0.344 e. The fourth-order valence-corrected chi connectivity index (χ4v) is 4.30. The molecule has 0 atom stereocenters. The van der Waals surface area contributed by atoms with Crippen LogP contribution in [0.3, 0.4) is 0 Å². The zero-order valence-corrected chi connectivity index (χ0v) is 20.1. The Kier molecular flexibility index (Phi) is 7.26. The van der Waals surface area contributed by atoms with Crippen molar-refractivity contribution in [1.29, 1.82) is 0 Å². The molecule has 1 amide bonds. The van der Waals surface area contributed by atoms with Crippen LogP contribution < -0.4 is 19.7 Å². The first-order valence-electron chi connectivity index (χ1n) is 11.8. The maximum absolute atomic E-state index is 12.2. The van der Waals surface area contributed by atoms with E-state index in [0.717, 1.165) is 50.4 Å². The van der Waals surface area contributed by atoms with Gasteiger partial charge in [-0.3, -0.25) is 4.79 Å². The number of nitrogens with one attached hydrogen (secondary N) is 1. The maximum atomic E-state index is 12.2. The second-order valence-electron chi connectivity index (χ2n) is 9.25. The van der Waals surface area contributed by atoms with E-state index in [2.05, 4.69) is 22.0 Å². The Labute approximate surface area is 200 Å². The summed E-state index contributed by atoms with van der Waals surface area (Å²) >= 11 is 0. The molecular formula is C26H33N3O5. The number of hydrogen-bond donors (Lipinski definition) is 1. The van der Waals surface area contributed by atoms with Gasteiger partial charge in [-0.2, -0.15) is 0 Å². The summed E-state index contributed by atoms with van der Waals surface area (Å²) in [6.45, 7) is 10.7. The molecule has 1 N–H and O–H groups in total. The molecule has 34 heavy (non-hydrogen) atoms. The molecule has 0 radical (unpaired) electrons. The Bertz CT molecular complexity index is 1010. The van der Waals surface area contributed by atoms with E-state index in [1.165, 1.54) is 0 Å². The number of rotatable bonds is 8. The molecule has 2 aliphatic heterocycles. The molecular weight excluding hydrogens is 434 g/mol. The average Bonchev–Trinajstić information content (AvgIpc) is 3.16. The van der Waals surface area contributed by atoms with Gasteiger partial charge in [0.05, 0.1) is 0 Å². The molecule has 1 saturated heterocycles. The minimum absolute atomic E-state index is 0.298. The molecule has 0 spiro atoms. The van der Waals surface area contributed by atoms with Gasteiger partial charge in [-0.25, -0.2) is 4.79 Å². The number of likely N-dealkylation sites (N-methyl/N-ethyl adjacent to an activating group) is 1. The Hall–Kier alpha value is -3.26. The van der Waals surface area contributed by atoms with Crippen LogP contribution in [0, 0.1) is 0 Å². The van der Waals surface area contributed by atoms with Gasteiger partial charge in [-0.1, -0.05) is 19.1 Å². The molecule has 2 aliphatic rings. The fourth-order valence-electron chi connectivity index (χ4n) is 4.30. The molecule has 0 aromatic heterocycles. The van der Waals surface area contributed by atoms with Crippen molar-refractivity contribution >= 4 is 23.3 Å². The van der Waals surface area contributed by atoms with Gasteiger partial charge in [-0.15, -0.1) is 0 Å². The molecule has 2 heterocycles. The zero-order chi connectivity index (χ0) is 24.1. The second kappa shape index (κ2) is 10.3. The van der Waals surface area contributed by atoms with Crippen molar-refractivity contribution in [2.24, 2.45) is 0 Å². The molecule has 0 saturated carbocycles. The topological polar surface area (TPSA) is 80.3 Å². The first-order valence-corrected chi connectivity index (χ1v) is 11.8. The predicted molar refractivity (Wildman–Crippen MR) is 131 cm³/mol. The van der Waals surface area contributed by atoms with Gasteiger partial charge in [0.2, 0.25) is 0 Å². The molecule has 4 rings (SSSR count). The summed E-state index contributed by atoms with van der Waals surface area (Å²) in [5, 5.41) is 2.76. The monoisotopic (exact) mass is 467 g/mol. The fraction of sp³-hybridized carbons (Fsp3) is 0.462. The number of nitrogens with zero attached hydrogens (tertiary/aromatic N) is 2. The molecule has 0 unspecified atom stereocenters. The highest BCUT2D eigenvalue weighted by molar-refractivity contribution is 5.93. The van der Waals surface area contributed by atoms with Gasteiger partial charge >= 0.3 is 5.97 Å². The van der Waals surface area contributed by atoms with Crippen LogP contribution in [0.1, 0.15) is 26.3 Å². The third kappa shape index (κ3) is 5.99. The van der Waals surface area contributed by atoms with Crippen molar-refractivity contribution in [2.75, 3.05) is 56.2 Å². The number of fused-ring (bicyclic) bond motifs is 1. The summed E-state index contributed by atoms with van der Waals surface area (Å²) < 4.78 is 16.6. The highest BCUT2D eigenvalue weighted by Gasteiger charge is 2.32. The Morgan fingerprint density at radius 3 is 2.47 bits per heavy atom. The standard InChI is InChI=1S/C26H33N3O5/c1-4-28-12-14-29(15-13-28)21-10-8-20(9-11-21)27-23(30)17-33-24(31)18-32-22-7-5-6-19-16-26(2,3)34-25(19)22/h5-11H,4,12-18H2,1-3H3,(H,27,30). The van der Waals surface area contributed by atoms with E-state index >= 15 is 0 Å². The van der Waals surface area contributed by atoms with Crippen LogP contribution in [0.15, 0.2) is 42.5 Å². The van der Waals surface area contributed by atoms with E-state index < -0.39 is 11.9 Å². The van der Waals surface area contributed by atoms with E-state index in [1.54, 1.807) is 6.07 Å². The van der Waals surface area contributed by atoms with E-state index in [-0.39, 0.29) is 18.8 Å². The summed E-state index contributed by atoms with van der Waals surface area (Å²) in [6.07, 6.45) is 0.778. The number of esters is 1. The predicted octanol–water partition coefficient (Wildman–Crippen LogP) is 3.10. The number of hydrogen-bond acceptors (Lipinski definition) is 7. The molecule has 2 aromatic rings. The molecule has 0 aliphatic carbocycles. The number of ether oxygens (including phenoxy) is 3. The van der Waals surface area contributed by atoms with E-state index in [4.69, 9.17) is 14.2 Å². The van der Waals surface area contributed by atoms with Crippen molar-refractivity contribution < 1.29 is 23.8 Å². The Morgan fingerprint density at radius 1 is 1.03 bits per heavy atom. The number of anilines is 2. The summed E-state index contributed by atoms with van der Waals surface area (Å²) in [5.74, 6) is 0.143. The first-order chi connectivity index (χ1) is 16.3. The van der Waals surface area contributed by atoms with E-state index in [0.29, 0.717) is 17.2 Å². The molecule has 1 fully saturated rings. The minimum atomic E-state index is -0.619. The van der Waals surface area contributed by atoms with Crippen LogP contribution in [0.5, 0.6) is 11.5 Å². The Balaban J connectivity index is 1.20. The number of benzene rings is 2. The van der Waals surface area contributed by atoms with Crippen molar-refractivity contribution in [2.45, 2.75) is 32.8 Å². The van der Waals surface area contributed by atoms with Crippen LogP contribution >= 0.6 is 0 Å². The number of carbonyl (C=O) groups is 2. The van der Waals surface area contributed by atoms with Gasteiger partial charge in [0.15, 0.2) is 24.7 Å². The van der Waals surface area contributed by atoms with Crippen molar-refractivity contribution in [3.8, 4) is 11.5 Å². The molecule has 8 nitrogen and oxygen atoms in total. The van der Waals surface area contributed by atoms with Crippen LogP contribution in [-0.4, -0.2) is 68.3 Å². The van der Waals surface area contributed by atoms with Gasteiger partial charge < -0.3 is 29.3 Å². The van der Waals surface area contributed by atoms with Crippen LogP contribution in [0.2, 0.25) is 0 Å². The summed E-state index contributed by atoms with van der Waals surface area (Å²) in [5.41, 5.74) is 2.54. The first kappa shape index (κ1) is 23.9. The third-order valence-electron chi connectivity index (χ3n) is 6.10. The quantitative estimate of drug-likeness (QED) is 0.598. The van der Waals surface area contributed by atoms with E-state index in [9.17, 15) is 9.59 Å². The van der Waals surface area contributed by atoms with Crippen LogP contribution in [-0.2, 0) is 20.7 Å². The minimum Gasteiger partial charge on any atom is -0.483 e. The average molecular weight is 468 g/mol. The number of amides is 1.